The van der Waals surface area contributed by atoms with E-state index in [9.17, 15) is 14.4 Å². The van der Waals surface area contributed by atoms with E-state index in [1.54, 1.807) is 0 Å². The molecule has 35 heavy (non-hydrogen) atoms. The van der Waals surface area contributed by atoms with Gasteiger partial charge in [0.2, 0.25) is 5.91 Å². The lowest BCUT2D eigenvalue weighted by atomic mass is 9.71. The highest BCUT2D eigenvalue weighted by molar-refractivity contribution is 5.80. The Labute approximate surface area is 204 Å². The van der Waals surface area contributed by atoms with Gasteiger partial charge in [-0.3, -0.25) is 9.59 Å². The first-order valence-electron chi connectivity index (χ1n) is 12.6. The molecule has 0 aliphatic heterocycles. The number of alkyl carbamates (subject to hydrolysis) is 1. The summed E-state index contributed by atoms with van der Waals surface area (Å²) in [4.78, 5) is 36.2. The van der Waals surface area contributed by atoms with Crippen LogP contribution in [-0.4, -0.2) is 42.3 Å². The summed E-state index contributed by atoms with van der Waals surface area (Å²) < 4.78 is 5.69. The van der Waals surface area contributed by atoms with Gasteiger partial charge in [0.15, 0.2) is 0 Å². The molecule has 6 unspecified atom stereocenters. The van der Waals surface area contributed by atoms with Crippen LogP contribution in [0.25, 0.3) is 11.1 Å². The number of benzene rings is 2. The number of ether oxygens (including phenoxy) is 1. The van der Waals surface area contributed by atoms with Crippen LogP contribution in [0.1, 0.15) is 42.7 Å². The van der Waals surface area contributed by atoms with Gasteiger partial charge in [0.05, 0.1) is 5.92 Å². The summed E-state index contributed by atoms with van der Waals surface area (Å²) in [5.74, 6) is -0.245. The molecule has 0 heterocycles. The van der Waals surface area contributed by atoms with Crippen LogP contribution in [0.4, 0.5) is 4.79 Å². The number of rotatable bonds is 7. The summed E-state index contributed by atoms with van der Waals surface area (Å²) in [6, 6.07) is 16.6. The van der Waals surface area contributed by atoms with Gasteiger partial charge in [-0.05, 0) is 65.7 Å². The van der Waals surface area contributed by atoms with Crippen molar-refractivity contribution in [2.45, 2.75) is 37.6 Å². The zero-order valence-electron chi connectivity index (χ0n) is 19.5. The summed E-state index contributed by atoms with van der Waals surface area (Å²) in [6.45, 7) is 0.743. The van der Waals surface area contributed by atoms with Crippen molar-refractivity contribution in [2.75, 3.05) is 13.2 Å². The van der Waals surface area contributed by atoms with E-state index < -0.39 is 12.1 Å². The summed E-state index contributed by atoms with van der Waals surface area (Å²) in [7, 11) is 0. The average molecular weight is 475 g/mol. The molecule has 4 aliphatic carbocycles. The van der Waals surface area contributed by atoms with Crippen molar-refractivity contribution in [3.63, 3.8) is 0 Å². The number of nitrogens with one attached hydrogen (secondary N) is 2. The number of carboxylic acids is 1. The van der Waals surface area contributed by atoms with E-state index in [2.05, 4.69) is 34.9 Å². The van der Waals surface area contributed by atoms with Crippen LogP contribution in [0.3, 0.4) is 0 Å². The standard InChI is InChI=1S/C28H30N2O5/c31-26(29-13-17-11-23(17)27(32)33)16-9-15-12-25(22(15)10-16)30-28(34)35-14-24-20-7-3-1-5-18(20)19-6-2-4-8-21(19)24/h1-8,15-17,22-25H,9-14H2,(H,29,31)(H,30,34)(H,32,33). The molecule has 0 spiro atoms. The number of fused-ring (bicyclic) bond motifs is 4. The summed E-state index contributed by atoms with van der Waals surface area (Å²) >= 11 is 0. The maximum atomic E-state index is 12.6. The van der Waals surface area contributed by atoms with Gasteiger partial charge in [0.1, 0.15) is 6.61 Å². The number of carbonyl (C=O) groups is 3. The molecule has 0 aromatic heterocycles. The lowest BCUT2D eigenvalue weighted by molar-refractivity contribution is -0.139. The summed E-state index contributed by atoms with van der Waals surface area (Å²) in [6.07, 6.45) is 2.74. The summed E-state index contributed by atoms with van der Waals surface area (Å²) in [5.41, 5.74) is 4.79. The van der Waals surface area contributed by atoms with Crippen LogP contribution in [0.15, 0.2) is 48.5 Å². The molecule has 3 fully saturated rings. The van der Waals surface area contributed by atoms with Gasteiger partial charge in [-0.2, -0.15) is 0 Å². The van der Waals surface area contributed by atoms with Crippen molar-refractivity contribution in [1.82, 2.24) is 10.6 Å². The first-order chi connectivity index (χ1) is 17.0. The smallest absolute Gasteiger partial charge is 0.407 e. The van der Waals surface area contributed by atoms with Crippen LogP contribution < -0.4 is 10.6 Å². The van der Waals surface area contributed by atoms with Gasteiger partial charge in [-0.1, -0.05) is 48.5 Å². The molecule has 6 atom stereocenters. The molecule has 6 rings (SSSR count). The van der Waals surface area contributed by atoms with Gasteiger partial charge in [-0.25, -0.2) is 4.79 Å². The van der Waals surface area contributed by atoms with Gasteiger partial charge in [0.25, 0.3) is 0 Å². The fourth-order valence-electron chi connectivity index (χ4n) is 6.55. The molecule has 3 saturated carbocycles. The zero-order chi connectivity index (χ0) is 24.1. The fraction of sp³-hybridized carbons (Fsp3) is 0.464. The molecular weight excluding hydrogens is 444 g/mol. The second-order valence-corrected chi connectivity index (χ2v) is 10.6. The second-order valence-electron chi connectivity index (χ2n) is 10.6. The highest BCUT2D eigenvalue weighted by Gasteiger charge is 2.50. The van der Waals surface area contributed by atoms with E-state index in [4.69, 9.17) is 9.84 Å². The zero-order valence-corrected chi connectivity index (χ0v) is 19.5. The summed E-state index contributed by atoms with van der Waals surface area (Å²) in [5, 5.41) is 15.0. The molecule has 2 amide bonds. The van der Waals surface area contributed by atoms with E-state index >= 15 is 0 Å². The second kappa shape index (κ2) is 8.70. The van der Waals surface area contributed by atoms with Crippen LogP contribution in [0.2, 0.25) is 0 Å². The maximum Gasteiger partial charge on any atom is 0.407 e. The lowest BCUT2D eigenvalue weighted by Crippen LogP contribution is -2.50. The highest BCUT2D eigenvalue weighted by Crippen LogP contribution is 2.50. The van der Waals surface area contributed by atoms with Crippen LogP contribution in [-0.2, 0) is 14.3 Å². The molecule has 0 radical (unpaired) electrons. The highest BCUT2D eigenvalue weighted by atomic mass is 16.5. The van der Waals surface area contributed by atoms with Crippen LogP contribution >= 0.6 is 0 Å². The Morgan fingerprint density at radius 2 is 1.60 bits per heavy atom. The number of aliphatic carboxylic acids is 1. The first-order valence-corrected chi connectivity index (χ1v) is 12.6. The number of amides is 2. The molecule has 2 aromatic rings. The third-order valence-electron chi connectivity index (χ3n) is 8.62. The molecule has 7 heteroatoms. The number of hydrogen-bond donors (Lipinski definition) is 3. The maximum absolute atomic E-state index is 12.6. The largest absolute Gasteiger partial charge is 0.481 e. The SMILES string of the molecule is O=C(NC1CC2CC(C(=O)NCC3CC3C(=O)O)CC21)OCC1c2ccccc2-c2ccccc21. The third-order valence-corrected chi connectivity index (χ3v) is 8.62. The van der Waals surface area contributed by atoms with E-state index in [1.807, 2.05) is 24.3 Å². The molecule has 7 nitrogen and oxygen atoms in total. The third kappa shape index (κ3) is 4.07. The number of hydrogen-bond acceptors (Lipinski definition) is 4. The molecule has 3 N–H and O–H groups in total. The predicted molar refractivity (Wildman–Crippen MR) is 129 cm³/mol. The minimum Gasteiger partial charge on any atom is -0.481 e. The van der Waals surface area contributed by atoms with Crippen molar-refractivity contribution >= 4 is 18.0 Å². The first kappa shape index (κ1) is 22.1. The normalized spacial score (nSPS) is 29.8. The molecule has 0 saturated heterocycles. The average Bonchev–Trinajstić information content (AvgIpc) is 3.47. The van der Waals surface area contributed by atoms with E-state index in [1.165, 1.54) is 22.3 Å². The number of carboxylic acid groups (broad SMARTS) is 1. The fourth-order valence-corrected chi connectivity index (χ4v) is 6.55. The molecular formula is C28H30N2O5. The van der Waals surface area contributed by atoms with Crippen molar-refractivity contribution < 1.29 is 24.2 Å². The minimum atomic E-state index is -0.773. The van der Waals surface area contributed by atoms with Crippen LogP contribution in [0.5, 0.6) is 0 Å². The Hall–Kier alpha value is -3.35. The lowest BCUT2D eigenvalue weighted by Gasteiger charge is -2.40. The Morgan fingerprint density at radius 3 is 2.26 bits per heavy atom. The molecule has 0 bridgehead atoms. The van der Waals surface area contributed by atoms with E-state index in [0.717, 1.165) is 19.3 Å². The monoisotopic (exact) mass is 474 g/mol. The Morgan fingerprint density at radius 1 is 0.914 bits per heavy atom. The number of carbonyl (C=O) groups excluding carboxylic acids is 2. The predicted octanol–water partition coefficient (Wildman–Crippen LogP) is 3.78. The quantitative estimate of drug-likeness (QED) is 0.567. The van der Waals surface area contributed by atoms with Gasteiger partial charge >= 0.3 is 12.1 Å². The molecule has 4 aliphatic rings. The van der Waals surface area contributed by atoms with E-state index in [-0.39, 0.29) is 35.6 Å². The van der Waals surface area contributed by atoms with Gasteiger partial charge in [0, 0.05) is 24.4 Å². The van der Waals surface area contributed by atoms with Crippen molar-refractivity contribution in [2.24, 2.45) is 29.6 Å². The van der Waals surface area contributed by atoms with Crippen molar-refractivity contribution in [3.05, 3.63) is 59.7 Å². The Balaban J connectivity index is 0.985. The van der Waals surface area contributed by atoms with Crippen LogP contribution in [0, 0.1) is 29.6 Å². The molecule has 2 aromatic carbocycles. The van der Waals surface area contributed by atoms with Gasteiger partial charge in [-0.15, -0.1) is 0 Å². The Bertz CT molecular complexity index is 1130. The minimum absolute atomic E-state index is 0.0235. The van der Waals surface area contributed by atoms with Gasteiger partial charge < -0.3 is 20.5 Å². The topological polar surface area (TPSA) is 105 Å². The Kier molecular flexibility index (Phi) is 5.50. The van der Waals surface area contributed by atoms with Crippen molar-refractivity contribution in [3.8, 4) is 11.1 Å². The van der Waals surface area contributed by atoms with Crippen molar-refractivity contribution in [1.29, 1.82) is 0 Å². The van der Waals surface area contributed by atoms with E-state index in [0.29, 0.717) is 31.4 Å². The molecule has 182 valence electrons.